The van der Waals surface area contributed by atoms with Crippen molar-refractivity contribution in [3.63, 3.8) is 0 Å². The van der Waals surface area contributed by atoms with Gasteiger partial charge in [-0.3, -0.25) is 4.79 Å². The Hall–Kier alpha value is -0.370. The fraction of sp³-hybridized carbons (Fsp3) is 0.909. The van der Waals surface area contributed by atoms with Gasteiger partial charge in [-0.2, -0.15) is 0 Å². The Labute approximate surface area is 81.9 Å². The maximum absolute atomic E-state index is 11.7. The van der Waals surface area contributed by atoms with E-state index < -0.39 is 0 Å². The first-order valence-electron chi connectivity index (χ1n) is 5.37. The predicted molar refractivity (Wildman–Crippen MR) is 56.5 cm³/mol. The first-order chi connectivity index (χ1) is 6.13. The largest absolute Gasteiger partial charge is 0.330 e. The monoisotopic (exact) mass is 185 g/mol. The van der Waals surface area contributed by atoms with Crippen molar-refractivity contribution in [2.75, 3.05) is 6.54 Å². The van der Waals surface area contributed by atoms with Crippen LogP contribution in [0.3, 0.4) is 0 Å². The van der Waals surface area contributed by atoms with Crippen LogP contribution in [0.1, 0.15) is 46.5 Å². The molecule has 2 N–H and O–H groups in total. The summed E-state index contributed by atoms with van der Waals surface area (Å²) in [5.41, 5.74) is 5.40. The molecule has 0 aliphatic carbocycles. The van der Waals surface area contributed by atoms with Gasteiger partial charge in [0.2, 0.25) is 0 Å². The molecule has 2 heteroatoms. The lowest BCUT2D eigenvalue weighted by molar-refractivity contribution is -0.126. The van der Waals surface area contributed by atoms with Crippen molar-refractivity contribution >= 4 is 5.78 Å². The standard InChI is InChI=1S/C11H23NO/c1-4-6-9(2)11(13)10(3)7-5-8-12/h9-10H,4-8,12H2,1-3H3. The molecule has 0 aliphatic heterocycles. The van der Waals surface area contributed by atoms with Crippen molar-refractivity contribution in [2.45, 2.75) is 46.5 Å². The number of rotatable bonds is 7. The normalized spacial score (nSPS) is 15.4. The molecule has 2 nitrogen and oxygen atoms in total. The number of carbonyl (C=O) groups is 1. The van der Waals surface area contributed by atoms with Gasteiger partial charge < -0.3 is 5.73 Å². The van der Waals surface area contributed by atoms with Crippen molar-refractivity contribution in [1.29, 1.82) is 0 Å². The number of carbonyl (C=O) groups excluding carboxylic acids is 1. The quantitative estimate of drug-likeness (QED) is 0.661. The van der Waals surface area contributed by atoms with E-state index >= 15 is 0 Å². The van der Waals surface area contributed by atoms with Crippen molar-refractivity contribution < 1.29 is 4.79 Å². The molecule has 0 fully saturated rings. The third kappa shape index (κ3) is 5.04. The highest BCUT2D eigenvalue weighted by molar-refractivity contribution is 5.82. The summed E-state index contributed by atoms with van der Waals surface area (Å²) < 4.78 is 0. The molecule has 0 saturated heterocycles. The molecule has 0 radical (unpaired) electrons. The van der Waals surface area contributed by atoms with Crippen LogP contribution < -0.4 is 5.73 Å². The molecule has 0 aromatic rings. The second-order valence-electron chi connectivity index (χ2n) is 3.92. The Morgan fingerprint density at radius 1 is 1.23 bits per heavy atom. The van der Waals surface area contributed by atoms with E-state index in [9.17, 15) is 4.79 Å². The van der Waals surface area contributed by atoms with Gasteiger partial charge >= 0.3 is 0 Å². The van der Waals surface area contributed by atoms with E-state index in [1.807, 2.05) is 13.8 Å². The Morgan fingerprint density at radius 3 is 2.23 bits per heavy atom. The summed E-state index contributed by atoms with van der Waals surface area (Å²) in [7, 11) is 0. The van der Waals surface area contributed by atoms with Crippen LogP contribution in [0.4, 0.5) is 0 Å². The molecule has 13 heavy (non-hydrogen) atoms. The van der Waals surface area contributed by atoms with Crippen LogP contribution in [0.5, 0.6) is 0 Å². The van der Waals surface area contributed by atoms with E-state index in [1.165, 1.54) is 0 Å². The first-order valence-corrected chi connectivity index (χ1v) is 5.37. The zero-order valence-electron chi connectivity index (χ0n) is 9.18. The minimum absolute atomic E-state index is 0.199. The summed E-state index contributed by atoms with van der Waals surface area (Å²) >= 11 is 0. The first kappa shape index (κ1) is 12.6. The fourth-order valence-corrected chi connectivity index (χ4v) is 1.63. The lowest BCUT2D eigenvalue weighted by atomic mass is 9.89. The lowest BCUT2D eigenvalue weighted by Gasteiger charge is -2.14. The number of hydrogen-bond donors (Lipinski definition) is 1. The Kier molecular flexibility index (Phi) is 6.87. The Bertz CT molecular complexity index is 145. The molecule has 0 aromatic carbocycles. The SMILES string of the molecule is CCCC(C)C(=O)C(C)CCCN. The van der Waals surface area contributed by atoms with E-state index in [0.29, 0.717) is 12.3 Å². The zero-order chi connectivity index (χ0) is 10.3. The van der Waals surface area contributed by atoms with Gasteiger partial charge in [-0.25, -0.2) is 0 Å². The fourth-order valence-electron chi connectivity index (χ4n) is 1.63. The number of Topliss-reactive ketones (excluding diaryl/α,β-unsaturated/α-hetero) is 1. The smallest absolute Gasteiger partial charge is 0.138 e. The number of ketones is 1. The molecule has 78 valence electrons. The van der Waals surface area contributed by atoms with Gasteiger partial charge in [0.1, 0.15) is 5.78 Å². The van der Waals surface area contributed by atoms with Crippen LogP contribution in [-0.4, -0.2) is 12.3 Å². The van der Waals surface area contributed by atoms with E-state index in [-0.39, 0.29) is 11.8 Å². The Morgan fingerprint density at radius 2 is 1.77 bits per heavy atom. The van der Waals surface area contributed by atoms with Gasteiger partial charge in [0.05, 0.1) is 0 Å². The average Bonchev–Trinajstić information content (AvgIpc) is 2.13. The molecule has 2 unspecified atom stereocenters. The maximum atomic E-state index is 11.7. The average molecular weight is 185 g/mol. The van der Waals surface area contributed by atoms with Crippen LogP contribution in [0.25, 0.3) is 0 Å². The summed E-state index contributed by atoms with van der Waals surface area (Å²) in [6.45, 7) is 6.86. The van der Waals surface area contributed by atoms with Crippen LogP contribution in [0.2, 0.25) is 0 Å². The number of nitrogens with two attached hydrogens (primary N) is 1. The maximum Gasteiger partial charge on any atom is 0.138 e. The lowest BCUT2D eigenvalue weighted by Crippen LogP contribution is -2.20. The molecule has 0 spiro atoms. The van der Waals surface area contributed by atoms with E-state index in [0.717, 1.165) is 25.7 Å². The van der Waals surface area contributed by atoms with Gasteiger partial charge in [0.15, 0.2) is 0 Å². The molecule has 0 bridgehead atoms. The van der Waals surface area contributed by atoms with Crippen LogP contribution in [-0.2, 0) is 4.79 Å². The third-order valence-electron chi connectivity index (χ3n) is 2.53. The molecular formula is C11H23NO. The van der Waals surface area contributed by atoms with Crippen molar-refractivity contribution in [2.24, 2.45) is 17.6 Å². The molecule has 2 atom stereocenters. The summed E-state index contributed by atoms with van der Waals surface area (Å²) in [5.74, 6) is 0.846. The predicted octanol–water partition coefficient (Wildman–Crippen LogP) is 2.37. The second kappa shape index (κ2) is 7.07. The van der Waals surface area contributed by atoms with Gasteiger partial charge in [-0.1, -0.05) is 27.2 Å². The summed E-state index contributed by atoms with van der Waals surface area (Å²) in [6.07, 6.45) is 4.03. The van der Waals surface area contributed by atoms with Crippen LogP contribution >= 0.6 is 0 Å². The molecule has 0 amide bonds. The number of hydrogen-bond acceptors (Lipinski definition) is 2. The van der Waals surface area contributed by atoms with Gasteiger partial charge in [0.25, 0.3) is 0 Å². The van der Waals surface area contributed by atoms with Gasteiger partial charge in [-0.15, -0.1) is 0 Å². The van der Waals surface area contributed by atoms with Gasteiger partial charge in [0, 0.05) is 11.8 Å². The summed E-state index contributed by atoms with van der Waals surface area (Å²) in [5, 5.41) is 0. The van der Waals surface area contributed by atoms with Crippen molar-refractivity contribution in [1.82, 2.24) is 0 Å². The minimum atomic E-state index is 0.199. The molecule has 0 heterocycles. The van der Waals surface area contributed by atoms with Gasteiger partial charge in [-0.05, 0) is 25.8 Å². The molecule has 0 rings (SSSR count). The third-order valence-corrected chi connectivity index (χ3v) is 2.53. The second-order valence-corrected chi connectivity index (χ2v) is 3.92. The highest BCUT2D eigenvalue weighted by atomic mass is 16.1. The van der Waals surface area contributed by atoms with E-state index in [1.54, 1.807) is 0 Å². The van der Waals surface area contributed by atoms with Crippen molar-refractivity contribution in [3.8, 4) is 0 Å². The highest BCUT2D eigenvalue weighted by Gasteiger charge is 2.18. The van der Waals surface area contributed by atoms with E-state index in [2.05, 4.69) is 6.92 Å². The van der Waals surface area contributed by atoms with E-state index in [4.69, 9.17) is 5.73 Å². The van der Waals surface area contributed by atoms with Crippen LogP contribution in [0.15, 0.2) is 0 Å². The molecule has 0 aliphatic rings. The van der Waals surface area contributed by atoms with Crippen molar-refractivity contribution in [3.05, 3.63) is 0 Å². The highest BCUT2D eigenvalue weighted by Crippen LogP contribution is 2.16. The zero-order valence-corrected chi connectivity index (χ0v) is 9.18. The molecule has 0 aromatic heterocycles. The summed E-state index contributed by atoms with van der Waals surface area (Å²) in [4.78, 5) is 11.7. The topological polar surface area (TPSA) is 43.1 Å². The minimum Gasteiger partial charge on any atom is -0.330 e. The van der Waals surface area contributed by atoms with Crippen LogP contribution in [0, 0.1) is 11.8 Å². The molecule has 0 saturated carbocycles. The summed E-state index contributed by atoms with van der Waals surface area (Å²) in [6, 6.07) is 0. The molecular weight excluding hydrogens is 162 g/mol. The Balaban J connectivity index is 3.79.